The van der Waals surface area contributed by atoms with Gasteiger partial charge in [0.15, 0.2) is 5.76 Å². The minimum absolute atomic E-state index is 0.204. The average molecular weight is 324 g/mol. The minimum atomic E-state index is -0.747. The number of carbonyl (C=O) groups is 1. The number of carbonyl (C=O) groups excluding carboxylic acids is 1. The van der Waals surface area contributed by atoms with E-state index in [0.717, 1.165) is 25.9 Å². The van der Waals surface area contributed by atoms with Crippen molar-refractivity contribution < 1.29 is 24.2 Å². The minimum Gasteiger partial charge on any atom is -0.459 e. The molecular formula is C16H24N2O5. The Morgan fingerprint density at radius 1 is 1.30 bits per heavy atom. The van der Waals surface area contributed by atoms with E-state index in [-0.39, 0.29) is 37.0 Å². The summed E-state index contributed by atoms with van der Waals surface area (Å²) in [4.78, 5) is 14.2. The molecule has 1 amide bonds. The predicted octanol–water partition coefficient (Wildman–Crippen LogP) is -0.0155. The van der Waals surface area contributed by atoms with Crippen molar-refractivity contribution in [1.82, 2.24) is 10.2 Å². The quantitative estimate of drug-likeness (QED) is 0.705. The Bertz CT molecular complexity index is 501. The van der Waals surface area contributed by atoms with E-state index in [1.165, 1.54) is 12.7 Å². The third-order valence-corrected chi connectivity index (χ3v) is 4.66. The SMILES string of the molecule is O=C(NC[C@@H]1O[C@@H](CO)[C@@H](O)[C@H]1N1CCCCC1)c1ccco1. The number of piperidine rings is 1. The molecule has 3 rings (SSSR count). The molecule has 0 bridgehead atoms. The molecule has 2 aliphatic rings. The van der Waals surface area contributed by atoms with Gasteiger partial charge in [0.25, 0.3) is 5.91 Å². The summed E-state index contributed by atoms with van der Waals surface area (Å²) in [7, 11) is 0. The molecule has 4 atom stereocenters. The van der Waals surface area contributed by atoms with E-state index >= 15 is 0 Å². The molecule has 2 aliphatic heterocycles. The molecular weight excluding hydrogens is 300 g/mol. The van der Waals surface area contributed by atoms with Gasteiger partial charge in [-0.05, 0) is 38.1 Å². The molecule has 7 nitrogen and oxygen atoms in total. The first kappa shape index (κ1) is 16.4. The van der Waals surface area contributed by atoms with Gasteiger partial charge >= 0.3 is 0 Å². The summed E-state index contributed by atoms with van der Waals surface area (Å²) in [6.45, 7) is 1.86. The summed E-state index contributed by atoms with van der Waals surface area (Å²) in [6, 6.07) is 3.05. The molecule has 0 aliphatic carbocycles. The number of nitrogens with one attached hydrogen (secondary N) is 1. The first-order valence-electron chi connectivity index (χ1n) is 8.21. The van der Waals surface area contributed by atoms with Crippen LogP contribution in [0.1, 0.15) is 29.8 Å². The molecule has 0 saturated carbocycles. The Morgan fingerprint density at radius 3 is 2.74 bits per heavy atom. The third kappa shape index (κ3) is 3.58. The summed E-state index contributed by atoms with van der Waals surface area (Å²) in [5, 5.41) is 22.6. The van der Waals surface area contributed by atoms with E-state index in [1.54, 1.807) is 12.1 Å². The van der Waals surface area contributed by atoms with Crippen molar-refractivity contribution in [2.75, 3.05) is 26.2 Å². The van der Waals surface area contributed by atoms with Crippen LogP contribution in [0.5, 0.6) is 0 Å². The summed E-state index contributed by atoms with van der Waals surface area (Å²) in [5.74, 6) is -0.0605. The maximum absolute atomic E-state index is 12.0. The van der Waals surface area contributed by atoms with Crippen molar-refractivity contribution in [3.05, 3.63) is 24.2 Å². The highest BCUT2D eigenvalue weighted by molar-refractivity contribution is 5.91. The fourth-order valence-electron chi connectivity index (χ4n) is 3.50. The lowest BCUT2D eigenvalue weighted by Gasteiger charge is -2.36. The number of hydrogen-bond acceptors (Lipinski definition) is 6. The van der Waals surface area contributed by atoms with Crippen LogP contribution in [-0.4, -0.2) is 71.6 Å². The van der Waals surface area contributed by atoms with Crippen LogP contribution < -0.4 is 5.32 Å². The zero-order valence-electron chi connectivity index (χ0n) is 13.1. The molecule has 3 heterocycles. The molecule has 23 heavy (non-hydrogen) atoms. The molecule has 0 unspecified atom stereocenters. The lowest BCUT2D eigenvalue weighted by Crippen LogP contribution is -2.52. The van der Waals surface area contributed by atoms with Crippen molar-refractivity contribution >= 4 is 5.91 Å². The Hall–Kier alpha value is -1.41. The van der Waals surface area contributed by atoms with Crippen LogP contribution in [-0.2, 0) is 4.74 Å². The Morgan fingerprint density at radius 2 is 2.09 bits per heavy atom. The second-order valence-corrected chi connectivity index (χ2v) is 6.16. The van der Waals surface area contributed by atoms with Gasteiger partial charge in [0, 0.05) is 6.54 Å². The monoisotopic (exact) mass is 324 g/mol. The highest BCUT2D eigenvalue weighted by atomic mass is 16.5. The number of furan rings is 1. The van der Waals surface area contributed by atoms with Crippen molar-refractivity contribution in [3.8, 4) is 0 Å². The largest absolute Gasteiger partial charge is 0.459 e. The van der Waals surface area contributed by atoms with Crippen LogP contribution in [0.3, 0.4) is 0 Å². The first-order chi connectivity index (χ1) is 11.2. The molecule has 2 saturated heterocycles. The summed E-state index contributed by atoms with van der Waals surface area (Å²) in [6.07, 6.45) is 3.14. The van der Waals surface area contributed by atoms with Gasteiger partial charge in [-0.2, -0.15) is 0 Å². The average Bonchev–Trinajstić information content (AvgIpc) is 3.21. The maximum atomic E-state index is 12.0. The Balaban J connectivity index is 1.64. The van der Waals surface area contributed by atoms with Crippen LogP contribution in [0, 0.1) is 0 Å². The standard InChI is InChI=1S/C16H24N2O5/c19-10-13-15(20)14(18-6-2-1-3-7-18)12(23-13)9-17-16(21)11-5-4-8-22-11/h4-5,8,12-15,19-20H,1-3,6-7,9-10H2,(H,17,21)/t12-,13-,14-,15+/m0/s1. The molecule has 7 heteroatoms. The highest BCUT2D eigenvalue weighted by Gasteiger charge is 2.46. The van der Waals surface area contributed by atoms with E-state index in [0.29, 0.717) is 0 Å². The second-order valence-electron chi connectivity index (χ2n) is 6.16. The topological polar surface area (TPSA) is 95.2 Å². The van der Waals surface area contributed by atoms with Crippen LogP contribution in [0.4, 0.5) is 0 Å². The Labute approximate surface area is 135 Å². The van der Waals surface area contributed by atoms with Crippen LogP contribution >= 0.6 is 0 Å². The molecule has 1 aromatic rings. The molecule has 0 spiro atoms. The van der Waals surface area contributed by atoms with E-state index in [9.17, 15) is 15.0 Å². The van der Waals surface area contributed by atoms with E-state index in [2.05, 4.69) is 10.2 Å². The highest BCUT2D eigenvalue weighted by Crippen LogP contribution is 2.28. The van der Waals surface area contributed by atoms with E-state index in [4.69, 9.17) is 9.15 Å². The van der Waals surface area contributed by atoms with Gasteiger partial charge in [-0.25, -0.2) is 0 Å². The maximum Gasteiger partial charge on any atom is 0.287 e. The van der Waals surface area contributed by atoms with Gasteiger partial charge in [-0.3, -0.25) is 9.69 Å². The molecule has 0 radical (unpaired) electrons. The van der Waals surface area contributed by atoms with E-state index < -0.39 is 12.2 Å². The Kier molecular flexibility index (Phi) is 5.32. The number of rotatable bonds is 5. The van der Waals surface area contributed by atoms with Crippen LogP contribution in [0.15, 0.2) is 22.8 Å². The number of amides is 1. The predicted molar refractivity (Wildman–Crippen MR) is 82.0 cm³/mol. The van der Waals surface area contributed by atoms with E-state index in [1.807, 2.05) is 0 Å². The number of aliphatic hydroxyl groups is 2. The zero-order valence-corrected chi connectivity index (χ0v) is 13.1. The van der Waals surface area contributed by atoms with Crippen molar-refractivity contribution in [2.24, 2.45) is 0 Å². The number of nitrogens with zero attached hydrogens (tertiary/aromatic N) is 1. The van der Waals surface area contributed by atoms with Gasteiger partial charge in [0.2, 0.25) is 0 Å². The van der Waals surface area contributed by atoms with Gasteiger partial charge in [-0.15, -0.1) is 0 Å². The smallest absolute Gasteiger partial charge is 0.287 e. The van der Waals surface area contributed by atoms with Crippen molar-refractivity contribution in [2.45, 2.75) is 43.6 Å². The van der Waals surface area contributed by atoms with Gasteiger partial charge < -0.3 is 24.7 Å². The van der Waals surface area contributed by atoms with Crippen LogP contribution in [0.25, 0.3) is 0 Å². The molecule has 2 fully saturated rings. The molecule has 3 N–H and O–H groups in total. The fraction of sp³-hybridized carbons (Fsp3) is 0.688. The number of ether oxygens (including phenoxy) is 1. The second kappa shape index (κ2) is 7.44. The molecule has 1 aromatic heterocycles. The summed E-state index contributed by atoms with van der Waals surface area (Å²) < 4.78 is 10.8. The lowest BCUT2D eigenvalue weighted by molar-refractivity contribution is -0.0209. The normalized spacial score (nSPS) is 32.1. The fourth-order valence-corrected chi connectivity index (χ4v) is 3.50. The van der Waals surface area contributed by atoms with Gasteiger partial charge in [0.1, 0.15) is 12.2 Å². The zero-order chi connectivity index (χ0) is 16.2. The number of hydrogen-bond donors (Lipinski definition) is 3. The third-order valence-electron chi connectivity index (χ3n) is 4.66. The molecule has 128 valence electrons. The van der Waals surface area contributed by atoms with Gasteiger partial charge in [-0.1, -0.05) is 6.42 Å². The number of likely N-dealkylation sites (tertiary alicyclic amines) is 1. The molecule has 0 aromatic carbocycles. The van der Waals surface area contributed by atoms with Crippen molar-refractivity contribution in [1.29, 1.82) is 0 Å². The summed E-state index contributed by atoms with van der Waals surface area (Å²) >= 11 is 0. The lowest BCUT2D eigenvalue weighted by atomic mass is 9.99. The van der Waals surface area contributed by atoms with Crippen LogP contribution in [0.2, 0.25) is 0 Å². The van der Waals surface area contributed by atoms with Crippen molar-refractivity contribution in [3.63, 3.8) is 0 Å². The van der Waals surface area contributed by atoms with Gasteiger partial charge in [0.05, 0.1) is 25.0 Å². The first-order valence-corrected chi connectivity index (χ1v) is 8.21. The number of aliphatic hydroxyl groups excluding tert-OH is 2. The summed E-state index contributed by atoms with van der Waals surface area (Å²) in [5.41, 5.74) is 0.